The van der Waals surface area contributed by atoms with E-state index in [2.05, 4.69) is 22.9 Å². The SMILES string of the molecule is COc1ccc(Br)c(C(=O)N2CCC(C)(C(N)=S)CC2)c1. The number of carbonyl (C=O) groups is 1. The van der Waals surface area contributed by atoms with E-state index < -0.39 is 0 Å². The molecule has 1 amide bonds. The van der Waals surface area contributed by atoms with E-state index in [9.17, 15) is 4.79 Å². The normalized spacial score (nSPS) is 17.4. The molecule has 2 rings (SSSR count). The molecule has 0 bridgehead atoms. The molecule has 114 valence electrons. The van der Waals surface area contributed by atoms with Crippen molar-refractivity contribution in [1.82, 2.24) is 4.90 Å². The molecule has 1 aliphatic rings. The molecule has 1 saturated heterocycles. The molecule has 4 nitrogen and oxygen atoms in total. The summed E-state index contributed by atoms with van der Waals surface area (Å²) in [6.07, 6.45) is 1.60. The summed E-state index contributed by atoms with van der Waals surface area (Å²) in [7, 11) is 1.59. The quantitative estimate of drug-likeness (QED) is 0.830. The summed E-state index contributed by atoms with van der Waals surface area (Å²) in [6, 6.07) is 5.41. The lowest BCUT2D eigenvalue weighted by Crippen LogP contribution is -2.46. The average Bonchev–Trinajstić information content (AvgIpc) is 2.48. The highest BCUT2D eigenvalue weighted by atomic mass is 79.9. The lowest BCUT2D eigenvalue weighted by atomic mass is 9.80. The molecule has 0 aromatic heterocycles. The molecule has 1 heterocycles. The number of likely N-dealkylation sites (tertiary alicyclic amines) is 1. The fourth-order valence-corrected chi connectivity index (χ4v) is 3.04. The number of nitrogens with zero attached hydrogens (tertiary/aromatic N) is 1. The molecule has 0 atom stereocenters. The Morgan fingerprint density at radius 1 is 1.43 bits per heavy atom. The third-order valence-corrected chi connectivity index (χ3v) is 5.34. The molecule has 1 aromatic carbocycles. The van der Waals surface area contributed by atoms with E-state index in [1.807, 2.05) is 17.0 Å². The third kappa shape index (κ3) is 3.37. The van der Waals surface area contributed by atoms with Crippen molar-refractivity contribution in [2.45, 2.75) is 19.8 Å². The van der Waals surface area contributed by atoms with Crippen LogP contribution in [0.4, 0.5) is 0 Å². The fraction of sp³-hybridized carbons (Fsp3) is 0.467. The second-order valence-electron chi connectivity index (χ2n) is 5.56. The standard InChI is InChI=1S/C15H19BrN2O2S/c1-15(14(17)21)5-7-18(8-6-15)13(19)11-9-10(20-2)3-4-12(11)16/h3-4,9H,5-8H2,1-2H3,(H2,17,21). The van der Waals surface area contributed by atoms with Gasteiger partial charge in [-0.2, -0.15) is 0 Å². The first-order valence-electron chi connectivity index (χ1n) is 6.80. The van der Waals surface area contributed by atoms with E-state index >= 15 is 0 Å². The number of hydrogen-bond acceptors (Lipinski definition) is 3. The number of amides is 1. The number of carbonyl (C=O) groups excluding carboxylic acids is 1. The summed E-state index contributed by atoms with van der Waals surface area (Å²) >= 11 is 8.56. The van der Waals surface area contributed by atoms with Gasteiger partial charge in [0.2, 0.25) is 0 Å². The van der Waals surface area contributed by atoms with E-state index in [0.717, 1.165) is 17.3 Å². The number of hydrogen-bond donors (Lipinski definition) is 1. The maximum Gasteiger partial charge on any atom is 0.255 e. The Bertz CT molecular complexity index is 569. The van der Waals surface area contributed by atoms with Gasteiger partial charge in [-0.3, -0.25) is 4.79 Å². The Balaban J connectivity index is 2.14. The highest BCUT2D eigenvalue weighted by molar-refractivity contribution is 9.10. The van der Waals surface area contributed by atoms with E-state index in [4.69, 9.17) is 22.7 Å². The van der Waals surface area contributed by atoms with Crippen molar-refractivity contribution < 1.29 is 9.53 Å². The summed E-state index contributed by atoms with van der Waals surface area (Å²) in [5.74, 6) is 0.678. The minimum absolute atomic E-state index is 0.00534. The molecule has 0 spiro atoms. The van der Waals surface area contributed by atoms with Crippen LogP contribution in [-0.2, 0) is 0 Å². The molecule has 0 radical (unpaired) electrons. The van der Waals surface area contributed by atoms with E-state index in [1.165, 1.54) is 0 Å². The lowest BCUT2D eigenvalue weighted by molar-refractivity contribution is 0.0669. The predicted octanol–water partition coefficient (Wildman–Crippen LogP) is 2.99. The number of halogens is 1. The first-order chi connectivity index (χ1) is 9.87. The molecular formula is C15H19BrN2O2S. The van der Waals surface area contributed by atoms with Gasteiger partial charge >= 0.3 is 0 Å². The Morgan fingerprint density at radius 3 is 2.57 bits per heavy atom. The predicted molar refractivity (Wildman–Crippen MR) is 90.7 cm³/mol. The van der Waals surface area contributed by atoms with Gasteiger partial charge in [0.05, 0.1) is 17.7 Å². The third-order valence-electron chi connectivity index (χ3n) is 4.15. The summed E-state index contributed by atoms with van der Waals surface area (Å²) in [5, 5.41) is 0. The van der Waals surface area contributed by atoms with E-state index in [0.29, 0.717) is 29.4 Å². The van der Waals surface area contributed by atoms with Crippen LogP contribution < -0.4 is 10.5 Å². The molecule has 0 unspecified atom stereocenters. The van der Waals surface area contributed by atoms with Crippen LogP contribution in [0.1, 0.15) is 30.1 Å². The van der Waals surface area contributed by atoms with Gasteiger partial charge in [0, 0.05) is 23.0 Å². The zero-order valence-electron chi connectivity index (χ0n) is 12.2. The molecule has 2 N–H and O–H groups in total. The minimum atomic E-state index is -0.141. The number of piperidine rings is 1. The Labute approximate surface area is 138 Å². The number of ether oxygens (including phenoxy) is 1. The Hall–Kier alpha value is -1.14. The van der Waals surface area contributed by atoms with Crippen molar-refractivity contribution in [2.24, 2.45) is 11.1 Å². The van der Waals surface area contributed by atoms with Crippen LogP contribution in [-0.4, -0.2) is 36.0 Å². The van der Waals surface area contributed by atoms with Gasteiger partial charge in [-0.25, -0.2) is 0 Å². The van der Waals surface area contributed by atoms with Gasteiger partial charge in [-0.15, -0.1) is 0 Å². The van der Waals surface area contributed by atoms with Crippen LogP contribution in [0.2, 0.25) is 0 Å². The molecule has 0 aliphatic carbocycles. The second kappa shape index (κ2) is 6.32. The number of nitrogens with two attached hydrogens (primary N) is 1. The first-order valence-corrected chi connectivity index (χ1v) is 8.00. The minimum Gasteiger partial charge on any atom is -0.497 e. The van der Waals surface area contributed by atoms with Gasteiger partial charge in [0.25, 0.3) is 5.91 Å². The topological polar surface area (TPSA) is 55.6 Å². The van der Waals surface area contributed by atoms with Gasteiger partial charge < -0.3 is 15.4 Å². The van der Waals surface area contributed by atoms with Crippen LogP contribution in [0.25, 0.3) is 0 Å². The van der Waals surface area contributed by atoms with Crippen LogP contribution in [0.15, 0.2) is 22.7 Å². The zero-order valence-corrected chi connectivity index (χ0v) is 14.6. The Morgan fingerprint density at radius 2 is 2.05 bits per heavy atom. The smallest absolute Gasteiger partial charge is 0.255 e. The van der Waals surface area contributed by atoms with Gasteiger partial charge in [-0.05, 0) is 47.0 Å². The molecule has 21 heavy (non-hydrogen) atoms. The maximum absolute atomic E-state index is 12.6. The van der Waals surface area contributed by atoms with E-state index in [-0.39, 0.29) is 11.3 Å². The van der Waals surface area contributed by atoms with Crippen molar-refractivity contribution in [2.75, 3.05) is 20.2 Å². The monoisotopic (exact) mass is 370 g/mol. The molecular weight excluding hydrogens is 352 g/mol. The van der Waals surface area contributed by atoms with Gasteiger partial charge in [-0.1, -0.05) is 19.1 Å². The fourth-order valence-electron chi connectivity index (χ4n) is 2.42. The Kier molecular flexibility index (Phi) is 4.88. The van der Waals surface area contributed by atoms with Crippen molar-refractivity contribution in [1.29, 1.82) is 0 Å². The van der Waals surface area contributed by atoms with Gasteiger partial charge in [0.1, 0.15) is 5.75 Å². The van der Waals surface area contributed by atoms with Crippen LogP contribution in [0, 0.1) is 5.41 Å². The largest absolute Gasteiger partial charge is 0.497 e. The molecule has 6 heteroatoms. The molecule has 1 aromatic rings. The number of thiocarbonyl (C=S) groups is 1. The van der Waals surface area contributed by atoms with Crippen LogP contribution >= 0.6 is 28.1 Å². The summed E-state index contributed by atoms with van der Waals surface area (Å²) in [5.41, 5.74) is 6.28. The van der Waals surface area contributed by atoms with Crippen molar-refractivity contribution >= 4 is 39.0 Å². The van der Waals surface area contributed by atoms with Crippen molar-refractivity contribution in [3.63, 3.8) is 0 Å². The van der Waals surface area contributed by atoms with Crippen molar-refractivity contribution in [3.05, 3.63) is 28.2 Å². The summed E-state index contributed by atoms with van der Waals surface area (Å²) < 4.78 is 5.96. The van der Waals surface area contributed by atoms with Crippen LogP contribution in [0.5, 0.6) is 5.75 Å². The highest BCUT2D eigenvalue weighted by Gasteiger charge is 2.34. The van der Waals surface area contributed by atoms with Crippen LogP contribution in [0.3, 0.4) is 0 Å². The second-order valence-corrected chi connectivity index (χ2v) is 6.86. The maximum atomic E-state index is 12.6. The van der Waals surface area contributed by atoms with Gasteiger partial charge in [0.15, 0.2) is 0 Å². The first kappa shape index (κ1) is 16.2. The highest BCUT2D eigenvalue weighted by Crippen LogP contribution is 2.32. The number of methoxy groups -OCH3 is 1. The number of rotatable bonds is 3. The average molecular weight is 371 g/mol. The molecule has 0 saturated carbocycles. The lowest BCUT2D eigenvalue weighted by Gasteiger charge is -2.38. The molecule has 1 fully saturated rings. The van der Waals surface area contributed by atoms with Crippen molar-refractivity contribution in [3.8, 4) is 5.75 Å². The summed E-state index contributed by atoms with van der Waals surface area (Å²) in [4.78, 5) is 15.0. The summed E-state index contributed by atoms with van der Waals surface area (Å²) in [6.45, 7) is 3.39. The zero-order chi connectivity index (χ0) is 15.6. The number of benzene rings is 1. The van der Waals surface area contributed by atoms with E-state index in [1.54, 1.807) is 13.2 Å². The molecule has 1 aliphatic heterocycles.